The summed E-state index contributed by atoms with van der Waals surface area (Å²) in [5, 5.41) is 5.13. The van der Waals surface area contributed by atoms with Gasteiger partial charge in [-0.1, -0.05) is 18.2 Å². The Morgan fingerprint density at radius 1 is 1.11 bits per heavy atom. The monoisotopic (exact) mass is 243 g/mol. The lowest BCUT2D eigenvalue weighted by Gasteiger charge is -2.27. The highest BCUT2D eigenvalue weighted by Crippen LogP contribution is 2.08. The molecule has 1 N–H and O–H groups in total. The number of benzene rings is 1. The van der Waals surface area contributed by atoms with Gasteiger partial charge >= 0.3 is 0 Å². The number of rotatable bonds is 2. The Balaban J connectivity index is 1.92. The molecule has 2 heterocycles. The Labute approximate surface area is 106 Å². The molecule has 0 saturated carbocycles. The largest absolute Gasteiger partial charge is 0.314 e. The van der Waals surface area contributed by atoms with Crippen LogP contribution in [0.15, 0.2) is 41.3 Å². The maximum Gasteiger partial charge on any atom is 0.259 e. The van der Waals surface area contributed by atoms with E-state index in [9.17, 15) is 4.79 Å². The second kappa shape index (κ2) is 4.92. The van der Waals surface area contributed by atoms with Gasteiger partial charge in [-0.25, -0.2) is 0 Å². The van der Waals surface area contributed by atoms with Crippen molar-refractivity contribution in [3.63, 3.8) is 0 Å². The van der Waals surface area contributed by atoms with Crippen LogP contribution < -0.4 is 10.9 Å². The predicted molar refractivity (Wildman–Crippen MR) is 72.7 cm³/mol. The third-order valence-electron chi connectivity index (χ3n) is 3.45. The van der Waals surface area contributed by atoms with Crippen LogP contribution in [0.25, 0.3) is 10.8 Å². The first-order valence-corrected chi connectivity index (χ1v) is 6.36. The van der Waals surface area contributed by atoms with Gasteiger partial charge < -0.3 is 9.88 Å². The van der Waals surface area contributed by atoms with E-state index in [0.717, 1.165) is 37.0 Å². The summed E-state index contributed by atoms with van der Waals surface area (Å²) in [5.74, 6) is 0. The van der Waals surface area contributed by atoms with Crippen molar-refractivity contribution >= 4 is 10.8 Å². The maximum atomic E-state index is 12.3. The second-order valence-electron chi connectivity index (χ2n) is 4.69. The van der Waals surface area contributed by atoms with Crippen LogP contribution in [-0.2, 0) is 6.67 Å². The normalized spacial score (nSPS) is 17.1. The highest BCUT2D eigenvalue weighted by Gasteiger charge is 2.10. The molecular formula is C14H17N3O. The van der Waals surface area contributed by atoms with Crippen LogP contribution in [0.1, 0.15) is 0 Å². The van der Waals surface area contributed by atoms with E-state index < -0.39 is 0 Å². The Morgan fingerprint density at radius 2 is 1.89 bits per heavy atom. The molecule has 0 aliphatic carbocycles. The molecular weight excluding hydrogens is 226 g/mol. The van der Waals surface area contributed by atoms with Crippen molar-refractivity contribution in [1.82, 2.24) is 14.8 Å². The van der Waals surface area contributed by atoms with Crippen molar-refractivity contribution in [3.05, 3.63) is 46.9 Å². The molecule has 2 aromatic rings. The number of piperazine rings is 1. The van der Waals surface area contributed by atoms with Gasteiger partial charge in [-0.15, -0.1) is 0 Å². The van der Waals surface area contributed by atoms with Crippen LogP contribution in [0.5, 0.6) is 0 Å². The Morgan fingerprint density at radius 3 is 2.72 bits per heavy atom. The molecule has 1 aliphatic rings. The molecule has 0 atom stereocenters. The van der Waals surface area contributed by atoms with Crippen molar-refractivity contribution in [1.29, 1.82) is 0 Å². The molecule has 3 rings (SSSR count). The van der Waals surface area contributed by atoms with Crippen LogP contribution in [0.2, 0.25) is 0 Å². The van der Waals surface area contributed by atoms with Crippen molar-refractivity contribution in [2.45, 2.75) is 6.67 Å². The molecule has 1 fully saturated rings. The van der Waals surface area contributed by atoms with Crippen molar-refractivity contribution in [2.24, 2.45) is 0 Å². The van der Waals surface area contributed by atoms with Gasteiger partial charge in [0.1, 0.15) is 0 Å². The van der Waals surface area contributed by atoms with Crippen LogP contribution in [0.3, 0.4) is 0 Å². The molecule has 0 unspecified atom stereocenters. The zero-order chi connectivity index (χ0) is 12.4. The van der Waals surface area contributed by atoms with Gasteiger partial charge in [0, 0.05) is 37.8 Å². The lowest BCUT2D eigenvalue weighted by Crippen LogP contribution is -2.45. The zero-order valence-corrected chi connectivity index (χ0v) is 10.3. The van der Waals surface area contributed by atoms with E-state index in [1.165, 1.54) is 0 Å². The van der Waals surface area contributed by atoms with E-state index in [2.05, 4.69) is 10.2 Å². The average molecular weight is 243 g/mol. The highest BCUT2D eigenvalue weighted by molar-refractivity contribution is 5.81. The van der Waals surface area contributed by atoms with Gasteiger partial charge in [-0.05, 0) is 17.5 Å². The lowest BCUT2D eigenvalue weighted by atomic mass is 10.2. The first-order chi connectivity index (χ1) is 8.84. The number of nitrogens with zero attached hydrogens (tertiary/aromatic N) is 2. The molecule has 0 radical (unpaired) electrons. The minimum atomic E-state index is 0.103. The quantitative estimate of drug-likeness (QED) is 0.850. The topological polar surface area (TPSA) is 37.3 Å². The molecule has 0 amide bonds. The Kier molecular flexibility index (Phi) is 3.13. The van der Waals surface area contributed by atoms with E-state index in [1.54, 1.807) is 4.57 Å². The standard InChI is InChI=1S/C14H17N3O/c18-14-13-4-2-1-3-12(13)5-8-17(14)11-16-9-6-15-7-10-16/h1-5,8,15H,6-7,9-11H2. The lowest BCUT2D eigenvalue weighted by molar-refractivity contribution is 0.190. The van der Waals surface area contributed by atoms with Gasteiger partial charge in [0.15, 0.2) is 0 Å². The first kappa shape index (κ1) is 11.4. The summed E-state index contributed by atoms with van der Waals surface area (Å²) in [7, 11) is 0. The molecule has 0 spiro atoms. The van der Waals surface area contributed by atoms with E-state index in [4.69, 9.17) is 0 Å². The van der Waals surface area contributed by atoms with Crippen LogP contribution in [-0.4, -0.2) is 35.6 Å². The average Bonchev–Trinajstić information content (AvgIpc) is 2.43. The fourth-order valence-corrected chi connectivity index (χ4v) is 2.41. The number of nitrogens with one attached hydrogen (secondary N) is 1. The predicted octanol–water partition coefficient (Wildman–Crippen LogP) is 0.864. The molecule has 94 valence electrons. The fourth-order valence-electron chi connectivity index (χ4n) is 2.41. The zero-order valence-electron chi connectivity index (χ0n) is 10.3. The van der Waals surface area contributed by atoms with Crippen LogP contribution in [0.4, 0.5) is 0 Å². The first-order valence-electron chi connectivity index (χ1n) is 6.36. The summed E-state index contributed by atoms with van der Waals surface area (Å²) in [6, 6.07) is 9.76. The highest BCUT2D eigenvalue weighted by atomic mass is 16.1. The Bertz CT molecular complexity index is 599. The summed E-state index contributed by atoms with van der Waals surface area (Å²) in [6.07, 6.45) is 1.90. The number of hydrogen-bond donors (Lipinski definition) is 1. The van der Waals surface area contributed by atoms with Gasteiger partial charge in [0.25, 0.3) is 5.56 Å². The van der Waals surface area contributed by atoms with E-state index in [-0.39, 0.29) is 5.56 Å². The molecule has 4 nitrogen and oxygen atoms in total. The Hall–Kier alpha value is -1.65. The van der Waals surface area contributed by atoms with Crippen molar-refractivity contribution in [3.8, 4) is 0 Å². The molecule has 1 aliphatic heterocycles. The number of hydrogen-bond acceptors (Lipinski definition) is 3. The smallest absolute Gasteiger partial charge is 0.259 e. The molecule has 1 saturated heterocycles. The minimum absolute atomic E-state index is 0.103. The third kappa shape index (κ3) is 2.17. The minimum Gasteiger partial charge on any atom is -0.314 e. The van der Waals surface area contributed by atoms with Crippen LogP contribution >= 0.6 is 0 Å². The summed E-state index contributed by atoms with van der Waals surface area (Å²) in [6.45, 7) is 4.69. The molecule has 1 aromatic carbocycles. The van der Waals surface area contributed by atoms with Gasteiger partial charge in [0.2, 0.25) is 0 Å². The maximum absolute atomic E-state index is 12.3. The second-order valence-corrected chi connectivity index (χ2v) is 4.69. The van der Waals surface area contributed by atoms with Crippen molar-refractivity contribution < 1.29 is 0 Å². The molecule has 18 heavy (non-hydrogen) atoms. The molecule has 1 aromatic heterocycles. The summed E-state index contributed by atoms with van der Waals surface area (Å²) in [4.78, 5) is 14.6. The SMILES string of the molecule is O=c1c2ccccc2ccn1CN1CCNCC1. The number of pyridine rings is 1. The molecule has 0 bridgehead atoms. The van der Waals surface area contributed by atoms with Crippen molar-refractivity contribution in [2.75, 3.05) is 26.2 Å². The number of aromatic nitrogens is 1. The third-order valence-corrected chi connectivity index (χ3v) is 3.45. The van der Waals surface area contributed by atoms with E-state index in [0.29, 0.717) is 6.67 Å². The van der Waals surface area contributed by atoms with E-state index in [1.807, 2.05) is 36.5 Å². The van der Waals surface area contributed by atoms with Crippen LogP contribution in [0, 0.1) is 0 Å². The van der Waals surface area contributed by atoms with Gasteiger partial charge in [-0.3, -0.25) is 9.69 Å². The van der Waals surface area contributed by atoms with E-state index >= 15 is 0 Å². The van der Waals surface area contributed by atoms with Gasteiger partial charge in [0.05, 0.1) is 6.67 Å². The van der Waals surface area contributed by atoms with Gasteiger partial charge in [-0.2, -0.15) is 0 Å². The number of fused-ring (bicyclic) bond motifs is 1. The fraction of sp³-hybridized carbons (Fsp3) is 0.357. The summed E-state index contributed by atoms with van der Waals surface area (Å²) in [5.41, 5.74) is 0.103. The summed E-state index contributed by atoms with van der Waals surface area (Å²) >= 11 is 0. The summed E-state index contributed by atoms with van der Waals surface area (Å²) < 4.78 is 1.80. The molecule has 4 heteroatoms.